The molecule has 4 aromatic rings. The molecule has 3 aromatic carbocycles. The van der Waals surface area contributed by atoms with E-state index >= 15 is 0 Å². The number of nitrogens with zero attached hydrogens (tertiary/aromatic N) is 3. The topological polar surface area (TPSA) is 76.9 Å². The Kier molecular flexibility index (Phi) is 7.92. The number of hydrogen-bond donors (Lipinski definition) is 1. The fourth-order valence-corrected chi connectivity index (χ4v) is 4.44. The highest BCUT2D eigenvalue weighted by atomic mass is 79.9. The highest BCUT2D eigenvalue weighted by Gasteiger charge is 2.16. The van der Waals surface area contributed by atoms with Crippen molar-refractivity contribution in [2.75, 3.05) is 11.1 Å². The van der Waals surface area contributed by atoms with Gasteiger partial charge in [0, 0.05) is 27.8 Å². The molecule has 6 nitrogen and oxygen atoms in total. The van der Waals surface area contributed by atoms with Crippen LogP contribution in [0.15, 0.2) is 88.5 Å². The van der Waals surface area contributed by atoms with Gasteiger partial charge >= 0.3 is 0 Å². The number of amides is 1. The molecule has 0 atom stereocenters. The summed E-state index contributed by atoms with van der Waals surface area (Å²) in [6.07, 6.45) is 0.824. The first-order chi connectivity index (χ1) is 16.5. The first-order valence-electron chi connectivity index (χ1n) is 10.8. The molecule has 0 bridgehead atoms. The maximum Gasteiger partial charge on any atom is 0.234 e. The van der Waals surface area contributed by atoms with Crippen LogP contribution >= 0.6 is 27.7 Å². The third kappa shape index (κ3) is 6.21. The van der Waals surface area contributed by atoms with Crippen molar-refractivity contribution in [2.24, 2.45) is 0 Å². The zero-order valence-corrected chi connectivity index (χ0v) is 21.0. The second-order valence-corrected chi connectivity index (χ2v) is 9.53. The number of carbonyl (C=O) groups is 2. The van der Waals surface area contributed by atoms with Gasteiger partial charge in [-0.2, -0.15) is 0 Å². The second kappa shape index (κ2) is 11.3. The minimum absolute atomic E-state index is 0.00940. The molecular weight excluding hydrogens is 512 g/mol. The molecule has 4 rings (SSSR count). The molecule has 0 saturated heterocycles. The minimum Gasteiger partial charge on any atom is -0.325 e. The number of rotatable bonds is 9. The van der Waals surface area contributed by atoms with Crippen molar-refractivity contribution in [2.45, 2.75) is 25.0 Å². The highest BCUT2D eigenvalue weighted by Crippen LogP contribution is 2.26. The smallest absolute Gasteiger partial charge is 0.234 e. The monoisotopic (exact) mass is 534 g/mol. The largest absolute Gasteiger partial charge is 0.325 e. The summed E-state index contributed by atoms with van der Waals surface area (Å²) in [7, 11) is 0. The molecule has 34 heavy (non-hydrogen) atoms. The quantitative estimate of drug-likeness (QED) is 0.214. The molecule has 0 unspecified atom stereocenters. The Morgan fingerprint density at radius 2 is 1.65 bits per heavy atom. The summed E-state index contributed by atoms with van der Waals surface area (Å²) < 4.78 is 3.06. The van der Waals surface area contributed by atoms with E-state index in [1.54, 1.807) is 24.3 Å². The number of anilines is 1. The molecule has 0 aliphatic carbocycles. The first-order valence-corrected chi connectivity index (χ1v) is 12.5. The third-order valence-electron chi connectivity index (χ3n) is 5.19. The van der Waals surface area contributed by atoms with Crippen LogP contribution < -0.4 is 5.32 Å². The van der Waals surface area contributed by atoms with Gasteiger partial charge in [-0.25, -0.2) is 0 Å². The number of thioether (sulfide) groups is 1. The van der Waals surface area contributed by atoms with Gasteiger partial charge in [0.15, 0.2) is 16.8 Å². The molecule has 0 saturated carbocycles. The zero-order valence-electron chi connectivity index (χ0n) is 18.6. The lowest BCUT2D eigenvalue weighted by Gasteiger charge is -2.11. The van der Waals surface area contributed by atoms with E-state index < -0.39 is 0 Å². The van der Waals surface area contributed by atoms with Gasteiger partial charge in [0.2, 0.25) is 5.91 Å². The van der Waals surface area contributed by atoms with Crippen molar-refractivity contribution in [1.29, 1.82) is 0 Å². The normalized spacial score (nSPS) is 10.8. The number of ketones is 1. The number of nitrogens with one attached hydrogen (secondary N) is 1. The molecule has 0 radical (unpaired) electrons. The minimum atomic E-state index is -0.150. The first kappa shape index (κ1) is 23.9. The van der Waals surface area contributed by atoms with Crippen molar-refractivity contribution in [3.63, 3.8) is 0 Å². The molecule has 1 N–H and O–H groups in total. The predicted octanol–water partition coefficient (Wildman–Crippen LogP) is 5.88. The summed E-state index contributed by atoms with van der Waals surface area (Å²) in [5.74, 6) is 0.803. The van der Waals surface area contributed by atoms with Crippen molar-refractivity contribution < 1.29 is 9.59 Å². The van der Waals surface area contributed by atoms with Gasteiger partial charge < -0.3 is 9.88 Å². The summed E-state index contributed by atoms with van der Waals surface area (Å²) >= 11 is 4.82. The fraction of sp³-hybridized carbons (Fsp3) is 0.154. The molecule has 1 amide bonds. The zero-order chi connectivity index (χ0) is 23.9. The molecule has 0 aliphatic rings. The summed E-state index contributed by atoms with van der Waals surface area (Å²) in [4.78, 5) is 24.0. The average molecular weight is 535 g/mol. The number of halogens is 1. The lowest BCUT2D eigenvalue weighted by atomic mass is 10.1. The Hall–Kier alpha value is -3.23. The fourth-order valence-electron chi connectivity index (χ4n) is 3.41. The van der Waals surface area contributed by atoms with E-state index in [9.17, 15) is 9.59 Å². The van der Waals surface area contributed by atoms with Crippen molar-refractivity contribution >= 4 is 45.1 Å². The highest BCUT2D eigenvalue weighted by molar-refractivity contribution is 9.10. The van der Waals surface area contributed by atoms with Crippen LogP contribution in [0, 0.1) is 0 Å². The lowest BCUT2D eigenvalue weighted by molar-refractivity contribution is -0.113. The van der Waals surface area contributed by atoms with Crippen LogP contribution in [0.2, 0.25) is 0 Å². The second-order valence-electron chi connectivity index (χ2n) is 7.67. The standard InChI is InChI=1S/C26H23BrN4O2S/c1-18(32)20-9-13-23(14-10-20)28-24(33)17-34-26-30-29-25(21-7-11-22(27)12-8-21)31(26)16-15-19-5-3-2-4-6-19/h2-14H,15-17H2,1H3,(H,28,33). The van der Waals surface area contributed by atoms with Crippen molar-refractivity contribution in [1.82, 2.24) is 14.8 Å². The van der Waals surface area contributed by atoms with E-state index in [4.69, 9.17) is 0 Å². The lowest BCUT2D eigenvalue weighted by Crippen LogP contribution is -2.15. The van der Waals surface area contributed by atoms with Gasteiger partial charge in [0.1, 0.15) is 0 Å². The van der Waals surface area contributed by atoms with E-state index in [1.165, 1.54) is 24.2 Å². The molecule has 0 spiro atoms. The molecular formula is C26H23BrN4O2S. The maximum absolute atomic E-state index is 12.5. The van der Waals surface area contributed by atoms with Crippen molar-refractivity contribution in [3.05, 3.63) is 94.5 Å². The number of Topliss-reactive ketones (excluding diaryl/α,β-unsaturated/α-hetero) is 1. The summed E-state index contributed by atoms with van der Waals surface area (Å²) in [5, 5.41) is 12.4. The van der Waals surface area contributed by atoms with Crippen LogP contribution in [-0.4, -0.2) is 32.2 Å². The van der Waals surface area contributed by atoms with Gasteiger partial charge in [-0.1, -0.05) is 70.2 Å². The van der Waals surface area contributed by atoms with Gasteiger partial charge in [-0.15, -0.1) is 10.2 Å². The molecule has 1 heterocycles. The van der Waals surface area contributed by atoms with Gasteiger partial charge in [-0.05, 0) is 55.3 Å². The van der Waals surface area contributed by atoms with E-state index in [0.29, 0.717) is 23.0 Å². The Labute approximate surface area is 210 Å². The molecule has 0 fully saturated rings. The number of benzene rings is 3. The van der Waals surface area contributed by atoms with Gasteiger partial charge in [-0.3, -0.25) is 9.59 Å². The van der Waals surface area contributed by atoms with Crippen LogP contribution in [0.1, 0.15) is 22.8 Å². The number of hydrogen-bond acceptors (Lipinski definition) is 5. The van der Waals surface area contributed by atoms with E-state index in [2.05, 4.69) is 48.1 Å². The Morgan fingerprint density at radius 3 is 2.32 bits per heavy atom. The van der Waals surface area contributed by atoms with Crippen LogP contribution in [0.5, 0.6) is 0 Å². The molecule has 8 heteroatoms. The Balaban J connectivity index is 1.48. The maximum atomic E-state index is 12.5. The predicted molar refractivity (Wildman–Crippen MR) is 139 cm³/mol. The van der Waals surface area contributed by atoms with Crippen molar-refractivity contribution in [3.8, 4) is 11.4 Å². The number of carbonyl (C=O) groups excluding carboxylic acids is 2. The number of aromatic nitrogens is 3. The van der Waals surface area contributed by atoms with E-state index in [0.717, 1.165) is 22.3 Å². The molecule has 0 aliphatic heterocycles. The van der Waals surface area contributed by atoms with Crippen LogP contribution in [-0.2, 0) is 17.8 Å². The van der Waals surface area contributed by atoms with Crippen LogP contribution in [0.3, 0.4) is 0 Å². The molecule has 1 aromatic heterocycles. The SMILES string of the molecule is CC(=O)c1ccc(NC(=O)CSc2nnc(-c3ccc(Br)cc3)n2CCc2ccccc2)cc1. The van der Waals surface area contributed by atoms with Crippen LogP contribution in [0.4, 0.5) is 5.69 Å². The summed E-state index contributed by atoms with van der Waals surface area (Å²) in [6, 6.07) is 25.1. The van der Waals surface area contributed by atoms with Crippen LogP contribution in [0.25, 0.3) is 11.4 Å². The van der Waals surface area contributed by atoms with E-state index in [-0.39, 0.29) is 17.4 Å². The van der Waals surface area contributed by atoms with Gasteiger partial charge in [0.25, 0.3) is 0 Å². The average Bonchev–Trinajstić information content (AvgIpc) is 3.25. The van der Waals surface area contributed by atoms with E-state index in [1.807, 2.05) is 42.5 Å². The third-order valence-corrected chi connectivity index (χ3v) is 6.69. The Morgan fingerprint density at radius 1 is 0.941 bits per heavy atom. The number of aryl methyl sites for hydroxylation is 1. The summed E-state index contributed by atoms with van der Waals surface area (Å²) in [5.41, 5.74) is 3.45. The summed E-state index contributed by atoms with van der Waals surface area (Å²) in [6.45, 7) is 2.21. The molecule has 172 valence electrons. The van der Waals surface area contributed by atoms with Gasteiger partial charge in [0.05, 0.1) is 5.75 Å². The Bertz CT molecular complexity index is 1270.